The number of aliphatic hydroxyl groups is 1. The van der Waals surface area contributed by atoms with E-state index in [0.717, 1.165) is 5.75 Å². The molecule has 1 aliphatic rings. The normalized spacial score (nSPS) is 21.3. The van der Waals surface area contributed by atoms with Crippen LogP contribution in [0, 0.1) is 0 Å². The van der Waals surface area contributed by atoms with E-state index < -0.39 is 6.35 Å². The highest BCUT2D eigenvalue weighted by Crippen LogP contribution is 2.07. The molecule has 1 heterocycles. The van der Waals surface area contributed by atoms with E-state index in [0.29, 0.717) is 12.2 Å². The first-order chi connectivity index (χ1) is 7.15. The van der Waals surface area contributed by atoms with Gasteiger partial charge in [0.1, 0.15) is 6.73 Å². The summed E-state index contributed by atoms with van der Waals surface area (Å²) < 4.78 is 5.32. The van der Waals surface area contributed by atoms with E-state index >= 15 is 0 Å². The van der Waals surface area contributed by atoms with Gasteiger partial charge < -0.3 is 20.1 Å². The maximum atomic E-state index is 11.1. The van der Waals surface area contributed by atoms with Crippen molar-refractivity contribution < 1.29 is 14.6 Å². The van der Waals surface area contributed by atoms with Crippen LogP contribution in [0.3, 0.4) is 0 Å². The lowest BCUT2D eigenvalue weighted by atomic mass is 10.3. The third-order valence-corrected chi connectivity index (χ3v) is 2.54. The summed E-state index contributed by atoms with van der Waals surface area (Å²) >= 11 is 1.70. The molecule has 0 spiro atoms. The van der Waals surface area contributed by atoms with Gasteiger partial charge in [0.05, 0.1) is 6.61 Å². The molecule has 86 valence electrons. The van der Waals surface area contributed by atoms with Crippen molar-refractivity contribution in [3.8, 4) is 0 Å². The molecule has 2 N–H and O–H groups in total. The molecule has 0 aliphatic carbocycles. The van der Waals surface area contributed by atoms with E-state index in [4.69, 9.17) is 4.74 Å². The average Bonchev–Trinajstić information content (AvgIpc) is 2.20. The fraction of sp³-hybridized carbons (Fsp3) is 0.667. The Kier molecular flexibility index (Phi) is 4.93. The number of hydrogen-bond donors (Lipinski definition) is 2. The summed E-state index contributed by atoms with van der Waals surface area (Å²) in [6, 6.07) is 0. The Morgan fingerprint density at radius 3 is 3.13 bits per heavy atom. The summed E-state index contributed by atoms with van der Waals surface area (Å²) in [5, 5.41) is 11.9. The summed E-state index contributed by atoms with van der Waals surface area (Å²) in [4.78, 5) is 12.7. The third kappa shape index (κ3) is 3.73. The minimum atomic E-state index is -0.990. The van der Waals surface area contributed by atoms with Crippen molar-refractivity contribution in [1.29, 1.82) is 0 Å². The fourth-order valence-corrected chi connectivity index (χ4v) is 1.40. The number of amides is 1. The first-order valence-corrected chi connectivity index (χ1v) is 6.04. The lowest BCUT2D eigenvalue weighted by Crippen LogP contribution is -2.50. The highest BCUT2D eigenvalue weighted by molar-refractivity contribution is 7.98. The van der Waals surface area contributed by atoms with Gasteiger partial charge in [-0.25, -0.2) is 0 Å². The Bertz CT molecular complexity index is 258. The van der Waals surface area contributed by atoms with E-state index in [9.17, 15) is 9.90 Å². The van der Waals surface area contributed by atoms with Crippen molar-refractivity contribution in [3.63, 3.8) is 0 Å². The number of rotatable bonds is 5. The second-order valence-corrected chi connectivity index (χ2v) is 4.19. The monoisotopic (exact) mass is 232 g/mol. The Labute approximate surface area is 93.5 Å². The van der Waals surface area contributed by atoms with E-state index in [1.807, 2.05) is 6.26 Å². The van der Waals surface area contributed by atoms with Crippen LogP contribution in [-0.4, -0.2) is 47.6 Å². The van der Waals surface area contributed by atoms with Crippen LogP contribution in [0.4, 0.5) is 0 Å². The minimum Gasteiger partial charge on any atom is -0.360 e. The van der Waals surface area contributed by atoms with Crippen LogP contribution in [0.2, 0.25) is 0 Å². The fourth-order valence-electron chi connectivity index (χ4n) is 1.11. The molecule has 1 unspecified atom stereocenters. The molecular weight excluding hydrogens is 216 g/mol. The van der Waals surface area contributed by atoms with Crippen LogP contribution in [0.25, 0.3) is 0 Å². The lowest BCUT2D eigenvalue weighted by molar-refractivity contribution is -0.129. The predicted molar refractivity (Wildman–Crippen MR) is 58.9 cm³/mol. The Hall–Kier alpha value is -0.720. The van der Waals surface area contributed by atoms with Crippen LogP contribution in [0.15, 0.2) is 11.8 Å². The molecule has 0 aromatic carbocycles. The molecule has 1 atom stereocenters. The average molecular weight is 232 g/mol. The van der Waals surface area contributed by atoms with Crippen LogP contribution < -0.4 is 5.32 Å². The number of ether oxygens (including phenoxy) is 1. The van der Waals surface area contributed by atoms with E-state index in [1.165, 1.54) is 4.90 Å². The van der Waals surface area contributed by atoms with Gasteiger partial charge >= 0.3 is 0 Å². The van der Waals surface area contributed by atoms with Gasteiger partial charge in [0, 0.05) is 17.5 Å². The topological polar surface area (TPSA) is 61.8 Å². The number of aliphatic hydroxyl groups excluding tert-OH is 1. The second kappa shape index (κ2) is 5.99. The van der Waals surface area contributed by atoms with Crippen LogP contribution in [-0.2, 0) is 9.53 Å². The smallest absolute Gasteiger partial charge is 0.251 e. The van der Waals surface area contributed by atoms with Gasteiger partial charge in [-0.1, -0.05) is 0 Å². The van der Waals surface area contributed by atoms with E-state index in [-0.39, 0.29) is 12.6 Å². The number of thioether (sulfide) groups is 1. The summed E-state index contributed by atoms with van der Waals surface area (Å²) in [5.74, 6) is 0.668. The zero-order chi connectivity index (χ0) is 11.3. The molecule has 1 amide bonds. The molecule has 5 nitrogen and oxygen atoms in total. The number of carbonyl (C=O) groups is 1. The number of hydrogen-bond acceptors (Lipinski definition) is 5. The van der Waals surface area contributed by atoms with E-state index in [1.54, 1.807) is 24.9 Å². The maximum Gasteiger partial charge on any atom is 0.251 e. The molecular formula is C9H16N2O3S. The highest BCUT2D eigenvalue weighted by Gasteiger charge is 2.21. The SMILES string of the molecule is CSCCOCN1C=C(C)C(=O)NC1O. The third-order valence-electron chi connectivity index (χ3n) is 1.96. The second-order valence-electron chi connectivity index (χ2n) is 3.20. The van der Waals surface area contributed by atoms with Crippen molar-refractivity contribution >= 4 is 17.7 Å². The first-order valence-electron chi connectivity index (χ1n) is 4.65. The van der Waals surface area contributed by atoms with Gasteiger partial charge in [0.25, 0.3) is 5.91 Å². The maximum absolute atomic E-state index is 11.1. The predicted octanol–water partition coefficient (Wildman–Crippen LogP) is -0.0650. The number of carbonyl (C=O) groups excluding carboxylic acids is 1. The molecule has 0 aromatic heterocycles. The van der Waals surface area contributed by atoms with Crippen molar-refractivity contribution in [2.24, 2.45) is 0 Å². The molecule has 0 saturated heterocycles. The molecule has 1 rings (SSSR count). The standard InChI is InChI=1S/C9H16N2O3S/c1-7-5-11(6-14-3-4-15-2)9(13)10-8(7)12/h5,9,13H,3-4,6H2,1-2H3,(H,10,12). The molecule has 0 radical (unpaired) electrons. The van der Waals surface area contributed by atoms with Crippen molar-refractivity contribution in [2.75, 3.05) is 25.3 Å². The Balaban J connectivity index is 2.37. The zero-order valence-corrected chi connectivity index (χ0v) is 9.71. The van der Waals surface area contributed by atoms with Gasteiger partial charge in [0.15, 0.2) is 0 Å². The summed E-state index contributed by atoms with van der Waals surface area (Å²) in [6.07, 6.45) is 2.61. The molecule has 0 saturated carbocycles. The molecule has 1 aliphatic heterocycles. The first kappa shape index (κ1) is 12.4. The lowest BCUT2D eigenvalue weighted by Gasteiger charge is -2.30. The quantitative estimate of drug-likeness (QED) is 0.650. The van der Waals surface area contributed by atoms with Gasteiger partial charge in [-0.15, -0.1) is 0 Å². The van der Waals surface area contributed by atoms with Crippen LogP contribution >= 0.6 is 11.8 Å². The van der Waals surface area contributed by atoms with Crippen molar-refractivity contribution in [2.45, 2.75) is 13.3 Å². The van der Waals surface area contributed by atoms with Gasteiger partial charge in [0.2, 0.25) is 6.35 Å². The van der Waals surface area contributed by atoms with E-state index in [2.05, 4.69) is 5.32 Å². The van der Waals surface area contributed by atoms with Crippen molar-refractivity contribution in [3.05, 3.63) is 11.8 Å². The summed E-state index contributed by atoms with van der Waals surface area (Å²) in [7, 11) is 0. The Morgan fingerprint density at radius 1 is 1.73 bits per heavy atom. The molecule has 0 fully saturated rings. The molecule has 15 heavy (non-hydrogen) atoms. The molecule has 0 bridgehead atoms. The zero-order valence-electron chi connectivity index (χ0n) is 8.90. The minimum absolute atomic E-state index is 0.247. The summed E-state index contributed by atoms with van der Waals surface area (Å²) in [5.41, 5.74) is 0.564. The molecule has 0 aromatic rings. The highest BCUT2D eigenvalue weighted by atomic mass is 32.2. The van der Waals surface area contributed by atoms with Crippen LogP contribution in [0.1, 0.15) is 6.92 Å². The number of nitrogens with one attached hydrogen (secondary N) is 1. The van der Waals surface area contributed by atoms with Gasteiger partial charge in [-0.2, -0.15) is 11.8 Å². The Morgan fingerprint density at radius 2 is 2.47 bits per heavy atom. The number of nitrogens with zero attached hydrogens (tertiary/aromatic N) is 1. The van der Waals surface area contributed by atoms with Crippen LogP contribution in [0.5, 0.6) is 0 Å². The van der Waals surface area contributed by atoms with Gasteiger partial charge in [-0.05, 0) is 13.2 Å². The summed E-state index contributed by atoms with van der Waals surface area (Å²) in [6.45, 7) is 2.60. The van der Waals surface area contributed by atoms with Crippen molar-refractivity contribution in [1.82, 2.24) is 10.2 Å². The molecule has 6 heteroatoms. The largest absolute Gasteiger partial charge is 0.360 e. The van der Waals surface area contributed by atoms with Gasteiger partial charge in [-0.3, -0.25) is 4.79 Å².